The van der Waals surface area contributed by atoms with Crippen molar-refractivity contribution in [1.29, 1.82) is 0 Å². The first kappa shape index (κ1) is 14.4. The average Bonchev–Trinajstić information content (AvgIpc) is 2.26. The first-order chi connectivity index (χ1) is 8.06. The third-order valence-electron chi connectivity index (χ3n) is 2.72. The van der Waals surface area contributed by atoms with E-state index in [0.29, 0.717) is 0 Å². The van der Waals surface area contributed by atoms with Crippen LogP contribution in [-0.4, -0.2) is 27.3 Å². The number of halogens is 3. The average molecular weight is 263 g/mol. The van der Waals surface area contributed by atoms with Gasteiger partial charge in [0.1, 0.15) is 5.69 Å². The van der Waals surface area contributed by atoms with Crippen molar-refractivity contribution in [1.82, 2.24) is 4.98 Å². The van der Waals surface area contributed by atoms with Crippen molar-refractivity contribution in [2.24, 2.45) is 0 Å². The van der Waals surface area contributed by atoms with E-state index in [1.807, 2.05) is 0 Å². The maximum atomic E-state index is 12.3. The summed E-state index contributed by atoms with van der Waals surface area (Å²) in [4.78, 5) is 13.9. The monoisotopic (exact) mass is 263 g/mol. The van der Waals surface area contributed by atoms with Crippen LogP contribution in [0.2, 0.25) is 0 Å². The quantitative estimate of drug-likeness (QED) is 0.872. The molecular formula is C11H12F3NO3. The predicted molar refractivity (Wildman–Crippen MR) is 55.9 cm³/mol. The van der Waals surface area contributed by atoms with Gasteiger partial charge in [0, 0.05) is 11.6 Å². The molecule has 0 aliphatic heterocycles. The van der Waals surface area contributed by atoms with Gasteiger partial charge >= 0.3 is 12.1 Å². The molecule has 1 aromatic rings. The van der Waals surface area contributed by atoms with E-state index in [4.69, 9.17) is 5.11 Å². The molecule has 0 radical (unpaired) electrons. The molecule has 0 amide bonds. The number of nitrogens with zero attached hydrogens (tertiary/aromatic N) is 1. The fourth-order valence-electron chi connectivity index (χ4n) is 1.41. The molecule has 1 unspecified atom stereocenters. The maximum Gasteiger partial charge on any atom is 0.433 e. The van der Waals surface area contributed by atoms with E-state index >= 15 is 0 Å². The van der Waals surface area contributed by atoms with Crippen molar-refractivity contribution < 1.29 is 28.2 Å². The van der Waals surface area contributed by atoms with Gasteiger partial charge in [-0.15, -0.1) is 0 Å². The second kappa shape index (κ2) is 4.56. The van der Waals surface area contributed by atoms with Gasteiger partial charge in [0.25, 0.3) is 0 Å². The summed E-state index contributed by atoms with van der Waals surface area (Å²) in [6.07, 6.45) is -5.35. The minimum absolute atomic E-state index is 0.213. The molecule has 1 aromatic heterocycles. The molecule has 100 valence electrons. The number of aliphatic hydroxyl groups excluding tert-OH is 1. The summed E-state index contributed by atoms with van der Waals surface area (Å²) in [6.45, 7) is 2.83. The molecule has 2 N–H and O–H groups in total. The Bertz CT molecular complexity index is 440. The number of pyridine rings is 1. The lowest BCUT2D eigenvalue weighted by atomic mass is 9.80. The lowest BCUT2D eigenvalue weighted by molar-refractivity contribution is -0.150. The molecule has 1 rings (SSSR count). The number of aromatic nitrogens is 1. The summed E-state index contributed by atoms with van der Waals surface area (Å²) >= 11 is 0. The van der Waals surface area contributed by atoms with E-state index in [1.54, 1.807) is 0 Å². The van der Waals surface area contributed by atoms with Gasteiger partial charge in [-0.25, -0.2) is 4.79 Å². The number of carboxylic acid groups (broad SMARTS) is 1. The van der Waals surface area contributed by atoms with Gasteiger partial charge in [0.2, 0.25) is 0 Å². The summed E-state index contributed by atoms with van der Waals surface area (Å²) in [7, 11) is 0. The normalized spacial score (nSPS) is 14.3. The molecule has 7 heteroatoms. The van der Waals surface area contributed by atoms with Crippen molar-refractivity contribution >= 4 is 5.97 Å². The number of rotatable bonds is 3. The zero-order valence-electron chi connectivity index (χ0n) is 9.69. The van der Waals surface area contributed by atoms with E-state index in [9.17, 15) is 23.1 Å². The predicted octanol–water partition coefficient (Wildman–Crippen LogP) is 1.82. The van der Waals surface area contributed by atoms with Crippen molar-refractivity contribution in [2.75, 3.05) is 0 Å². The van der Waals surface area contributed by atoms with Crippen molar-refractivity contribution in [3.63, 3.8) is 0 Å². The molecule has 0 aliphatic carbocycles. The van der Waals surface area contributed by atoms with Crippen LogP contribution in [0.15, 0.2) is 18.3 Å². The van der Waals surface area contributed by atoms with E-state index in [2.05, 4.69) is 4.98 Å². The summed E-state index contributed by atoms with van der Waals surface area (Å²) in [5, 5.41) is 18.2. The number of carboxylic acids is 1. The Morgan fingerprint density at radius 2 is 1.89 bits per heavy atom. The molecule has 0 saturated carbocycles. The number of alkyl halides is 3. The smallest absolute Gasteiger partial charge is 0.433 e. The van der Waals surface area contributed by atoms with E-state index in [1.165, 1.54) is 13.8 Å². The highest BCUT2D eigenvalue weighted by Crippen LogP contribution is 2.31. The van der Waals surface area contributed by atoms with Crippen molar-refractivity contribution in [3.05, 3.63) is 29.6 Å². The molecule has 18 heavy (non-hydrogen) atoms. The number of carbonyl (C=O) groups is 1. The summed E-state index contributed by atoms with van der Waals surface area (Å²) in [5.74, 6) is -1.44. The summed E-state index contributed by atoms with van der Waals surface area (Å²) in [6, 6.07) is 1.87. The standard InChI is InChI=1S/C11H12F3NO3/c1-10(2,8(16)9(17)18)6-3-4-7(15-5-6)11(12,13)14/h3-5,8,16H,1-2H3,(H,17,18). The van der Waals surface area contributed by atoms with Crippen LogP contribution < -0.4 is 0 Å². The van der Waals surface area contributed by atoms with Gasteiger partial charge in [-0.2, -0.15) is 13.2 Å². The van der Waals surface area contributed by atoms with Crippen LogP contribution in [0.5, 0.6) is 0 Å². The minimum atomic E-state index is -4.55. The van der Waals surface area contributed by atoms with Crippen molar-refractivity contribution in [2.45, 2.75) is 31.5 Å². The van der Waals surface area contributed by atoms with Gasteiger partial charge in [-0.3, -0.25) is 4.98 Å². The van der Waals surface area contributed by atoms with Crippen LogP contribution in [0.25, 0.3) is 0 Å². The van der Waals surface area contributed by atoms with E-state index in [0.717, 1.165) is 18.3 Å². The van der Waals surface area contributed by atoms with Gasteiger partial charge in [0.15, 0.2) is 6.10 Å². The fraction of sp³-hybridized carbons (Fsp3) is 0.455. The Kier molecular flexibility index (Phi) is 3.66. The second-order valence-electron chi connectivity index (χ2n) is 4.39. The molecule has 1 atom stereocenters. The molecule has 0 aromatic carbocycles. The molecule has 0 bridgehead atoms. The second-order valence-corrected chi connectivity index (χ2v) is 4.39. The zero-order chi connectivity index (χ0) is 14.1. The summed E-state index contributed by atoms with van der Waals surface area (Å²) < 4.78 is 36.9. The van der Waals surface area contributed by atoms with Crippen LogP contribution in [0.4, 0.5) is 13.2 Å². The molecule has 0 fully saturated rings. The van der Waals surface area contributed by atoms with E-state index in [-0.39, 0.29) is 5.56 Å². The molecule has 4 nitrogen and oxygen atoms in total. The van der Waals surface area contributed by atoms with Crippen LogP contribution >= 0.6 is 0 Å². The van der Waals surface area contributed by atoms with Crippen LogP contribution in [0, 0.1) is 0 Å². The van der Waals surface area contributed by atoms with Gasteiger partial charge < -0.3 is 10.2 Å². The summed E-state index contributed by atoms with van der Waals surface area (Å²) in [5.41, 5.74) is -2.08. The highest BCUT2D eigenvalue weighted by molar-refractivity contribution is 5.74. The number of hydrogen-bond donors (Lipinski definition) is 2. The molecule has 1 heterocycles. The number of hydrogen-bond acceptors (Lipinski definition) is 3. The highest BCUT2D eigenvalue weighted by atomic mass is 19.4. The van der Waals surface area contributed by atoms with E-state index < -0.39 is 29.4 Å². The largest absolute Gasteiger partial charge is 0.479 e. The Labute approximate surface area is 101 Å². The SMILES string of the molecule is CC(C)(c1ccc(C(F)(F)F)nc1)C(O)C(=O)O. The van der Waals surface area contributed by atoms with Gasteiger partial charge in [0.05, 0.1) is 0 Å². The molecular weight excluding hydrogens is 251 g/mol. The van der Waals surface area contributed by atoms with Crippen molar-refractivity contribution in [3.8, 4) is 0 Å². The Morgan fingerprint density at radius 1 is 1.33 bits per heavy atom. The molecule has 0 saturated heterocycles. The Balaban J connectivity index is 3.08. The first-order valence-electron chi connectivity index (χ1n) is 5.01. The Morgan fingerprint density at radius 3 is 2.22 bits per heavy atom. The van der Waals surface area contributed by atoms with Crippen LogP contribution in [0.1, 0.15) is 25.1 Å². The minimum Gasteiger partial charge on any atom is -0.479 e. The van der Waals surface area contributed by atoms with Crippen LogP contribution in [0.3, 0.4) is 0 Å². The van der Waals surface area contributed by atoms with Gasteiger partial charge in [-0.05, 0) is 11.6 Å². The zero-order valence-corrected chi connectivity index (χ0v) is 9.69. The fourth-order valence-corrected chi connectivity index (χ4v) is 1.41. The number of aliphatic hydroxyl groups is 1. The lowest BCUT2D eigenvalue weighted by Gasteiger charge is -2.28. The molecule has 0 aliphatic rings. The lowest BCUT2D eigenvalue weighted by Crippen LogP contribution is -2.40. The maximum absolute atomic E-state index is 12.3. The topological polar surface area (TPSA) is 70.4 Å². The third-order valence-corrected chi connectivity index (χ3v) is 2.72. The molecule has 0 spiro atoms. The van der Waals surface area contributed by atoms with Gasteiger partial charge in [-0.1, -0.05) is 19.9 Å². The van der Waals surface area contributed by atoms with Crippen LogP contribution in [-0.2, 0) is 16.4 Å². The third kappa shape index (κ3) is 2.79. The Hall–Kier alpha value is -1.63. The highest BCUT2D eigenvalue weighted by Gasteiger charge is 2.37. The number of aliphatic carboxylic acids is 1. The first-order valence-corrected chi connectivity index (χ1v) is 5.01.